The van der Waals surface area contributed by atoms with Crippen molar-refractivity contribution in [1.29, 1.82) is 0 Å². The maximum Gasteiger partial charge on any atom is 0.171 e. The Morgan fingerprint density at radius 2 is 1.80 bits per heavy atom. The molecule has 0 aromatic heterocycles. The molecule has 2 aromatic rings. The Hall–Kier alpha value is -2.39. The van der Waals surface area contributed by atoms with Crippen LogP contribution in [0.15, 0.2) is 53.2 Å². The third kappa shape index (κ3) is 2.86. The number of aliphatic imine (C=N–C) groups is 1. The maximum atomic E-state index is 13.7. The van der Waals surface area contributed by atoms with Crippen LogP contribution in [0.2, 0.25) is 5.02 Å². The third-order valence-corrected chi connectivity index (χ3v) is 7.67. The van der Waals surface area contributed by atoms with Crippen LogP contribution in [-0.4, -0.2) is 23.6 Å². The number of allylic oxidation sites excluding steroid dienone is 2. The number of aliphatic hydroxyl groups excluding tert-OH is 1. The second kappa shape index (κ2) is 7.39. The van der Waals surface area contributed by atoms with Crippen molar-refractivity contribution in [3.05, 3.63) is 64.4 Å². The molecular weight excluding hydrogens is 394 g/mol. The minimum atomic E-state index is -0.143. The third-order valence-electron chi connectivity index (χ3n) is 7.42. The lowest BCUT2D eigenvalue weighted by Gasteiger charge is -2.45. The summed E-state index contributed by atoms with van der Waals surface area (Å²) in [7, 11) is 1.84. The molecule has 0 aliphatic heterocycles. The molecule has 4 aliphatic carbocycles. The lowest BCUT2D eigenvalue weighted by Crippen LogP contribution is -2.46. The van der Waals surface area contributed by atoms with E-state index >= 15 is 0 Å². The second-order valence-electron chi connectivity index (χ2n) is 8.77. The van der Waals surface area contributed by atoms with Gasteiger partial charge in [-0.25, -0.2) is 0 Å². The first-order valence-electron chi connectivity index (χ1n) is 10.9. The first-order chi connectivity index (χ1) is 14.5. The van der Waals surface area contributed by atoms with Crippen molar-refractivity contribution in [3.8, 4) is 11.1 Å². The van der Waals surface area contributed by atoms with E-state index in [0.717, 1.165) is 47.9 Å². The standard InChI is InChI=1S/C26H26ClNO2/c1-3-14-4-5-16(15-6-9-18(27)10-7-15)12-20(14)24-25(29)22-17-8-11-19(21(13-17)28-2)23(22)26(24)30/h4-7,9-10,12,17,19,22-23,29H,3,8,11,13H2,1-2H3/t17-,19+,22+,23-/m1/s1. The zero-order valence-electron chi connectivity index (χ0n) is 17.4. The monoisotopic (exact) mass is 419 g/mol. The highest BCUT2D eigenvalue weighted by molar-refractivity contribution is 6.30. The molecule has 4 aliphatic rings. The highest BCUT2D eigenvalue weighted by Gasteiger charge is 2.56. The molecule has 3 fully saturated rings. The van der Waals surface area contributed by atoms with Crippen LogP contribution in [0.3, 0.4) is 0 Å². The Bertz CT molecular complexity index is 1080. The number of nitrogens with zero attached hydrogens (tertiary/aromatic N) is 1. The number of benzene rings is 2. The summed E-state index contributed by atoms with van der Waals surface area (Å²) in [5.41, 5.74) is 5.77. The predicted molar refractivity (Wildman–Crippen MR) is 122 cm³/mol. The number of carbonyl (C=O) groups excluding carboxylic acids is 1. The molecule has 2 bridgehead atoms. The molecule has 0 saturated heterocycles. The largest absolute Gasteiger partial charge is 0.511 e. The molecular formula is C26H26ClNO2. The van der Waals surface area contributed by atoms with Gasteiger partial charge >= 0.3 is 0 Å². The molecule has 0 unspecified atom stereocenters. The molecule has 4 heteroatoms. The lowest BCUT2D eigenvalue weighted by molar-refractivity contribution is -0.120. The quantitative estimate of drug-likeness (QED) is 0.648. The Morgan fingerprint density at radius 3 is 2.50 bits per heavy atom. The Balaban J connectivity index is 1.62. The first-order valence-corrected chi connectivity index (χ1v) is 11.2. The minimum Gasteiger partial charge on any atom is -0.511 e. The molecule has 0 spiro atoms. The van der Waals surface area contributed by atoms with E-state index in [1.165, 1.54) is 5.71 Å². The van der Waals surface area contributed by atoms with E-state index in [2.05, 4.69) is 30.1 Å². The molecule has 1 N–H and O–H groups in total. The maximum absolute atomic E-state index is 13.7. The summed E-state index contributed by atoms with van der Waals surface area (Å²) < 4.78 is 0. The summed E-state index contributed by atoms with van der Waals surface area (Å²) in [6.45, 7) is 2.09. The molecule has 154 valence electrons. The summed E-state index contributed by atoms with van der Waals surface area (Å²) in [6.07, 6.45) is 3.81. The summed E-state index contributed by atoms with van der Waals surface area (Å²) >= 11 is 6.05. The topological polar surface area (TPSA) is 49.7 Å². The Labute approximate surface area is 182 Å². The number of aliphatic hydroxyl groups is 1. The van der Waals surface area contributed by atoms with Crippen molar-refractivity contribution in [2.45, 2.75) is 32.6 Å². The molecule has 30 heavy (non-hydrogen) atoms. The van der Waals surface area contributed by atoms with Gasteiger partial charge in [-0.2, -0.15) is 0 Å². The minimum absolute atomic E-state index is 0.0411. The first kappa shape index (κ1) is 19.6. The van der Waals surface area contributed by atoms with Gasteiger partial charge < -0.3 is 5.11 Å². The fourth-order valence-corrected chi connectivity index (χ4v) is 6.11. The van der Waals surface area contributed by atoms with Gasteiger partial charge in [0.05, 0.1) is 5.57 Å². The van der Waals surface area contributed by atoms with Gasteiger partial charge in [-0.1, -0.05) is 42.8 Å². The zero-order chi connectivity index (χ0) is 21.0. The number of carbonyl (C=O) groups is 1. The summed E-state index contributed by atoms with van der Waals surface area (Å²) in [4.78, 5) is 18.2. The van der Waals surface area contributed by atoms with Crippen LogP contribution in [0, 0.1) is 23.7 Å². The molecule has 3 saturated carbocycles. The number of halogens is 1. The molecule has 0 radical (unpaired) electrons. The fraction of sp³-hybridized carbons (Fsp3) is 0.385. The molecule has 4 atom stereocenters. The Morgan fingerprint density at radius 1 is 1.07 bits per heavy atom. The van der Waals surface area contributed by atoms with Gasteiger partial charge in [0.25, 0.3) is 0 Å². The second-order valence-corrected chi connectivity index (χ2v) is 9.21. The van der Waals surface area contributed by atoms with Crippen molar-refractivity contribution in [2.75, 3.05) is 7.05 Å². The van der Waals surface area contributed by atoms with E-state index in [1.807, 2.05) is 31.3 Å². The van der Waals surface area contributed by atoms with E-state index in [4.69, 9.17) is 11.6 Å². The van der Waals surface area contributed by atoms with Crippen molar-refractivity contribution >= 4 is 28.7 Å². The van der Waals surface area contributed by atoms with Crippen LogP contribution in [0.25, 0.3) is 16.7 Å². The van der Waals surface area contributed by atoms with Crippen molar-refractivity contribution in [3.63, 3.8) is 0 Å². The number of Topliss-reactive ketones (excluding diaryl/α,β-unsaturated/α-hetero) is 1. The fourth-order valence-electron chi connectivity index (χ4n) is 5.99. The van der Waals surface area contributed by atoms with Crippen molar-refractivity contribution in [1.82, 2.24) is 0 Å². The van der Waals surface area contributed by atoms with Crippen LogP contribution in [0.5, 0.6) is 0 Å². The van der Waals surface area contributed by atoms with E-state index in [1.54, 1.807) is 0 Å². The number of rotatable bonds is 3. The van der Waals surface area contributed by atoms with Crippen molar-refractivity contribution in [2.24, 2.45) is 28.7 Å². The van der Waals surface area contributed by atoms with Gasteiger partial charge in [0.2, 0.25) is 0 Å². The summed E-state index contributed by atoms with van der Waals surface area (Å²) in [5.74, 6) is 0.746. The number of aryl methyl sites for hydroxylation is 1. The summed E-state index contributed by atoms with van der Waals surface area (Å²) in [5, 5.41) is 12.0. The van der Waals surface area contributed by atoms with Gasteiger partial charge in [-0.3, -0.25) is 9.79 Å². The number of fused-ring (bicyclic) bond motifs is 2. The van der Waals surface area contributed by atoms with E-state index < -0.39 is 0 Å². The predicted octanol–water partition coefficient (Wildman–Crippen LogP) is 6.15. The highest BCUT2D eigenvalue weighted by Crippen LogP contribution is 2.56. The number of hydrogen-bond donors (Lipinski definition) is 1. The molecule has 2 aromatic carbocycles. The zero-order valence-corrected chi connectivity index (χ0v) is 18.1. The molecule has 0 heterocycles. The molecule has 0 amide bonds. The Kier molecular flexibility index (Phi) is 4.82. The number of ketones is 1. The number of hydrogen-bond acceptors (Lipinski definition) is 3. The summed E-state index contributed by atoms with van der Waals surface area (Å²) in [6, 6.07) is 14.0. The van der Waals surface area contributed by atoms with E-state index in [9.17, 15) is 9.90 Å². The smallest absolute Gasteiger partial charge is 0.171 e. The van der Waals surface area contributed by atoms with Crippen LogP contribution >= 0.6 is 11.6 Å². The average molecular weight is 420 g/mol. The van der Waals surface area contributed by atoms with Gasteiger partial charge in [0.15, 0.2) is 5.78 Å². The average Bonchev–Trinajstić information content (AvgIpc) is 3.06. The van der Waals surface area contributed by atoms with Crippen LogP contribution < -0.4 is 0 Å². The normalized spacial score (nSPS) is 29.0. The van der Waals surface area contributed by atoms with Crippen LogP contribution in [-0.2, 0) is 11.2 Å². The van der Waals surface area contributed by atoms with Gasteiger partial charge in [-0.15, -0.1) is 0 Å². The highest BCUT2D eigenvalue weighted by atomic mass is 35.5. The van der Waals surface area contributed by atoms with Gasteiger partial charge in [0, 0.05) is 35.5 Å². The van der Waals surface area contributed by atoms with Crippen LogP contribution in [0.1, 0.15) is 37.3 Å². The molecule has 6 rings (SSSR count). The lowest BCUT2D eigenvalue weighted by atomic mass is 9.58. The molecule has 3 nitrogen and oxygen atoms in total. The SMILES string of the molecule is CCc1ccc(-c2ccc(Cl)cc2)cc1C1=C(O)[C@H]2[C@@H]3CC[C@@H](C(=NC)C3)[C@H]2C1=O. The van der Waals surface area contributed by atoms with E-state index in [-0.39, 0.29) is 23.5 Å². The van der Waals surface area contributed by atoms with Gasteiger partial charge in [0.1, 0.15) is 5.76 Å². The van der Waals surface area contributed by atoms with E-state index in [0.29, 0.717) is 22.3 Å². The van der Waals surface area contributed by atoms with Crippen molar-refractivity contribution < 1.29 is 9.90 Å². The van der Waals surface area contributed by atoms with Gasteiger partial charge in [-0.05, 0) is 72.1 Å². The van der Waals surface area contributed by atoms with Crippen LogP contribution in [0.4, 0.5) is 0 Å².